The molecule has 0 saturated carbocycles. The van der Waals surface area contributed by atoms with Crippen LogP contribution in [0.1, 0.15) is 0 Å². The van der Waals surface area contributed by atoms with Crippen LogP contribution in [-0.2, 0) is 0 Å². The minimum atomic E-state index is -0.0321. The van der Waals surface area contributed by atoms with E-state index in [1.54, 1.807) is 0 Å². The number of halogens is 2. The Morgan fingerprint density at radius 1 is 1.71 bits per heavy atom. The average Bonchev–Trinajstić information content (AvgIpc) is 1.69. The largest absolute Gasteiger partial charge is 0.229 e. The summed E-state index contributed by atoms with van der Waals surface area (Å²) in [4.78, 5) is 0. The summed E-state index contributed by atoms with van der Waals surface area (Å²) in [7, 11) is 0. The average molecular weight is 272 g/mol. The fourth-order valence-electron chi connectivity index (χ4n) is 0.251. The summed E-state index contributed by atoms with van der Waals surface area (Å²) in [5.74, 6) is 0. The number of hydrogen-bond acceptors (Lipinski definition) is 1. The molecule has 7 heavy (non-hydrogen) atoms. The van der Waals surface area contributed by atoms with Gasteiger partial charge in [0.05, 0.1) is 2.49 Å². The Labute approximate surface area is 60.8 Å². The highest BCUT2D eigenvalue weighted by Gasteiger charge is 1.83. The maximum Gasteiger partial charge on any atom is 0.0684 e. The van der Waals surface area contributed by atoms with E-state index in [2.05, 4.69) is 19.1 Å². The summed E-state index contributed by atoms with van der Waals surface area (Å²) >= 11 is 3.32. The quantitative estimate of drug-likeness (QED) is 0.601. The van der Waals surface area contributed by atoms with Crippen molar-refractivity contribution in [3.63, 3.8) is 0 Å². The number of rotatable bonds is 0. The lowest BCUT2D eigenvalue weighted by Gasteiger charge is -1.85. The lowest BCUT2D eigenvalue weighted by Crippen LogP contribution is -1.54. The predicted molar refractivity (Wildman–Crippen MR) is 42.6 cm³/mol. The van der Waals surface area contributed by atoms with E-state index in [-0.39, 0.29) is 21.0 Å². The molecule has 1 nitrogen and oxygen atoms in total. The normalized spacial score (nSPS) is 18.1. The van der Waals surface area contributed by atoms with Crippen molar-refractivity contribution in [2.75, 3.05) is 0 Å². The SMILES string of the molecule is BrC1=CC=CN=I1. The van der Waals surface area contributed by atoms with Gasteiger partial charge in [0.2, 0.25) is 0 Å². The summed E-state index contributed by atoms with van der Waals surface area (Å²) in [6.45, 7) is 0. The zero-order chi connectivity index (χ0) is 5.11. The van der Waals surface area contributed by atoms with Crippen molar-refractivity contribution >= 4 is 37.0 Å². The highest BCUT2D eigenvalue weighted by molar-refractivity contribution is 14.2. The molecule has 1 heterocycles. The van der Waals surface area contributed by atoms with Crippen LogP contribution in [0.2, 0.25) is 0 Å². The highest BCUT2D eigenvalue weighted by atomic mass is 127. The fraction of sp³-hybridized carbons (Fsp3) is 0. The molecular weight excluding hydrogens is 269 g/mol. The van der Waals surface area contributed by atoms with E-state index in [4.69, 9.17) is 0 Å². The third-order valence-corrected chi connectivity index (χ3v) is 3.08. The Kier molecular flexibility index (Phi) is 2.18. The Balaban J connectivity index is 2.82. The van der Waals surface area contributed by atoms with E-state index in [1.807, 2.05) is 18.4 Å². The van der Waals surface area contributed by atoms with Crippen LogP contribution in [-0.4, -0.2) is 0 Å². The molecule has 0 aromatic rings. The maximum absolute atomic E-state index is 4.07. The van der Waals surface area contributed by atoms with Crippen LogP contribution in [0, 0.1) is 0 Å². The molecule has 0 bridgehead atoms. The molecule has 0 aromatic carbocycles. The van der Waals surface area contributed by atoms with E-state index in [0.717, 1.165) is 0 Å². The van der Waals surface area contributed by atoms with Crippen molar-refractivity contribution in [3.8, 4) is 0 Å². The summed E-state index contributed by atoms with van der Waals surface area (Å²) in [5.41, 5.74) is 0. The number of allylic oxidation sites excluding steroid dienone is 2. The zero-order valence-electron chi connectivity index (χ0n) is 3.44. The van der Waals surface area contributed by atoms with Crippen molar-refractivity contribution in [1.82, 2.24) is 0 Å². The molecule has 0 fully saturated rings. The third kappa shape index (κ3) is 1.82. The Morgan fingerprint density at radius 2 is 2.57 bits per heavy atom. The molecule has 1 aliphatic rings. The molecule has 0 amide bonds. The van der Waals surface area contributed by atoms with Gasteiger partial charge in [-0.25, -0.2) is 3.15 Å². The van der Waals surface area contributed by atoms with Crippen LogP contribution in [0.25, 0.3) is 0 Å². The standard InChI is InChI=1S/C4H3BrIN/c5-4-2-1-3-7-6-4/h1-3H. The van der Waals surface area contributed by atoms with Gasteiger partial charge in [-0.1, -0.05) is 0 Å². The van der Waals surface area contributed by atoms with Gasteiger partial charge < -0.3 is 0 Å². The molecule has 0 atom stereocenters. The Morgan fingerprint density at radius 3 is 2.86 bits per heavy atom. The highest BCUT2D eigenvalue weighted by Crippen LogP contribution is 2.25. The first-order valence-electron chi connectivity index (χ1n) is 1.76. The number of nitrogens with zero attached hydrogens (tertiary/aromatic N) is 1. The van der Waals surface area contributed by atoms with Crippen LogP contribution in [0.3, 0.4) is 0 Å². The molecule has 1 rings (SSSR count). The number of hydrogen-bond donors (Lipinski definition) is 0. The second-order valence-corrected chi connectivity index (χ2v) is 5.52. The molecule has 0 radical (unpaired) electrons. The van der Waals surface area contributed by atoms with Crippen LogP contribution in [0.15, 0.2) is 24.0 Å². The van der Waals surface area contributed by atoms with E-state index in [9.17, 15) is 0 Å². The molecule has 0 aromatic heterocycles. The van der Waals surface area contributed by atoms with Crippen molar-refractivity contribution in [1.29, 1.82) is 0 Å². The minimum Gasteiger partial charge on any atom is -0.229 e. The summed E-state index contributed by atoms with van der Waals surface area (Å²) in [6, 6.07) is 0. The van der Waals surface area contributed by atoms with Crippen molar-refractivity contribution < 1.29 is 0 Å². The third-order valence-electron chi connectivity index (χ3n) is 0.494. The molecule has 0 saturated heterocycles. The summed E-state index contributed by atoms with van der Waals surface area (Å²) in [6.07, 6.45) is 5.83. The molecule has 1 aliphatic heterocycles. The fourth-order valence-corrected chi connectivity index (χ4v) is 1.90. The van der Waals surface area contributed by atoms with Crippen LogP contribution >= 0.6 is 37.0 Å². The van der Waals surface area contributed by atoms with Gasteiger partial charge in [-0.15, -0.1) is 0 Å². The van der Waals surface area contributed by atoms with Crippen LogP contribution in [0.5, 0.6) is 0 Å². The van der Waals surface area contributed by atoms with Gasteiger partial charge in [0, 0.05) is 27.2 Å². The van der Waals surface area contributed by atoms with Crippen molar-refractivity contribution in [2.45, 2.75) is 0 Å². The molecular formula is C4H3BrIN. The lowest BCUT2D eigenvalue weighted by atomic mass is 10.6. The Bertz CT molecular complexity index is 148. The molecule has 0 spiro atoms. The summed E-state index contributed by atoms with van der Waals surface area (Å²) in [5, 5.41) is 0. The minimum absolute atomic E-state index is 0.0321. The zero-order valence-corrected chi connectivity index (χ0v) is 7.18. The lowest BCUT2D eigenvalue weighted by molar-refractivity contribution is 1.67. The van der Waals surface area contributed by atoms with E-state index < -0.39 is 0 Å². The van der Waals surface area contributed by atoms with Gasteiger partial charge >= 0.3 is 0 Å². The van der Waals surface area contributed by atoms with Gasteiger partial charge in [-0.05, 0) is 28.1 Å². The van der Waals surface area contributed by atoms with Gasteiger partial charge in [0.1, 0.15) is 0 Å². The van der Waals surface area contributed by atoms with E-state index in [0.29, 0.717) is 0 Å². The van der Waals surface area contributed by atoms with Crippen molar-refractivity contribution in [2.24, 2.45) is 3.15 Å². The summed E-state index contributed by atoms with van der Waals surface area (Å²) < 4.78 is 5.33. The van der Waals surface area contributed by atoms with Crippen LogP contribution < -0.4 is 0 Å². The van der Waals surface area contributed by atoms with Gasteiger partial charge in [-0.2, -0.15) is 0 Å². The molecule has 3 heteroatoms. The molecule has 0 unspecified atom stereocenters. The van der Waals surface area contributed by atoms with Gasteiger partial charge in [0.15, 0.2) is 0 Å². The van der Waals surface area contributed by atoms with Gasteiger partial charge in [-0.3, -0.25) is 0 Å². The maximum atomic E-state index is 4.07. The first-order chi connectivity index (χ1) is 3.39. The van der Waals surface area contributed by atoms with Crippen molar-refractivity contribution in [3.05, 3.63) is 20.8 Å². The molecule has 0 N–H and O–H groups in total. The second-order valence-electron chi connectivity index (χ2n) is 0.980. The Hall–Kier alpha value is 0.490. The monoisotopic (exact) mass is 271 g/mol. The second kappa shape index (κ2) is 2.71. The van der Waals surface area contributed by atoms with E-state index in [1.165, 1.54) is 2.49 Å². The van der Waals surface area contributed by atoms with Gasteiger partial charge in [0.25, 0.3) is 0 Å². The predicted octanol–water partition coefficient (Wildman–Crippen LogP) is 2.90. The van der Waals surface area contributed by atoms with E-state index >= 15 is 0 Å². The first kappa shape index (κ1) is 5.62. The molecule has 38 valence electrons. The topological polar surface area (TPSA) is 12.4 Å². The smallest absolute Gasteiger partial charge is 0.0684 e. The molecule has 0 aliphatic carbocycles. The van der Waals surface area contributed by atoms with Crippen LogP contribution in [0.4, 0.5) is 0 Å². The first-order valence-corrected chi connectivity index (χ1v) is 4.60.